The van der Waals surface area contributed by atoms with Crippen LogP contribution in [0.2, 0.25) is 0 Å². The number of rotatable bonds is 7. The molecule has 1 aliphatic heterocycles. The average Bonchev–Trinajstić information content (AvgIpc) is 2.29. The van der Waals surface area contributed by atoms with E-state index in [2.05, 4.69) is 26.7 Å². The van der Waals surface area contributed by atoms with Crippen molar-refractivity contribution in [1.82, 2.24) is 0 Å². The summed E-state index contributed by atoms with van der Waals surface area (Å²) in [4.78, 5) is 0. The van der Waals surface area contributed by atoms with Crippen LogP contribution >= 0.6 is 0 Å². The van der Waals surface area contributed by atoms with Crippen LogP contribution in [-0.4, -0.2) is 19.5 Å². The number of ether oxygens (including phenoxy) is 2. The summed E-state index contributed by atoms with van der Waals surface area (Å²) in [6.45, 7) is 5.94. The minimum absolute atomic E-state index is 0. The zero-order valence-corrected chi connectivity index (χ0v) is 13.5. The minimum atomic E-state index is 0. The van der Waals surface area contributed by atoms with Gasteiger partial charge in [-0.2, -0.15) is 12.8 Å². The van der Waals surface area contributed by atoms with Crippen molar-refractivity contribution in [2.45, 2.75) is 52.2 Å². The normalized spacial score (nSPS) is 22.5. The van der Waals surface area contributed by atoms with Crippen LogP contribution in [0.25, 0.3) is 0 Å². The van der Waals surface area contributed by atoms with Crippen LogP contribution < -0.4 is 0 Å². The maximum atomic E-state index is 5.67. The van der Waals surface area contributed by atoms with Crippen LogP contribution in [-0.2, 0) is 42.2 Å². The largest absolute Gasteiger partial charge is 0.385 e. The number of hydrogen-bond donors (Lipinski definition) is 0. The number of hydrogen-bond acceptors (Lipinski definition) is 2. The molecular formula is C13H24O2Y-2. The molecule has 0 aromatic rings. The molecule has 0 bridgehead atoms. The predicted molar refractivity (Wildman–Crippen MR) is 62.2 cm³/mol. The fraction of sp³-hybridized carbons (Fsp3) is 0.846. The van der Waals surface area contributed by atoms with Crippen molar-refractivity contribution in [3.8, 4) is 0 Å². The van der Waals surface area contributed by atoms with E-state index in [4.69, 9.17) is 9.47 Å². The molecule has 2 unspecified atom stereocenters. The van der Waals surface area contributed by atoms with Gasteiger partial charge in [0.15, 0.2) is 6.29 Å². The second-order valence-electron chi connectivity index (χ2n) is 4.18. The second-order valence-corrected chi connectivity index (χ2v) is 4.18. The van der Waals surface area contributed by atoms with Gasteiger partial charge in [-0.15, -0.1) is 0 Å². The summed E-state index contributed by atoms with van der Waals surface area (Å²) < 4.78 is 11.2. The van der Waals surface area contributed by atoms with Gasteiger partial charge in [-0.05, 0) is 19.3 Å². The Kier molecular flexibility index (Phi) is 11.8. The molecule has 0 aromatic carbocycles. The fourth-order valence-corrected chi connectivity index (χ4v) is 1.87. The molecule has 0 aliphatic carbocycles. The SMILES string of the molecule is C[CH-]CC([CH-]COC1CCCCO1)CC.[Y]. The summed E-state index contributed by atoms with van der Waals surface area (Å²) in [7, 11) is 0. The second kappa shape index (κ2) is 11.1. The Hall–Kier alpha value is 1.02. The maximum absolute atomic E-state index is 5.67. The Morgan fingerprint density at radius 3 is 2.81 bits per heavy atom. The third-order valence-corrected chi connectivity index (χ3v) is 2.91. The molecule has 16 heavy (non-hydrogen) atoms. The third kappa shape index (κ3) is 7.37. The minimum Gasteiger partial charge on any atom is -0.385 e. The van der Waals surface area contributed by atoms with Gasteiger partial charge in [-0.1, -0.05) is 20.0 Å². The molecule has 3 heteroatoms. The summed E-state index contributed by atoms with van der Waals surface area (Å²) in [5, 5.41) is 0. The van der Waals surface area contributed by atoms with Crippen LogP contribution in [0.15, 0.2) is 0 Å². The van der Waals surface area contributed by atoms with E-state index < -0.39 is 0 Å². The van der Waals surface area contributed by atoms with Crippen LogP contribution in [0, 0.1) is 18.8 Å². The van der Waals surface area contributed by atoms with Crippen molar-refractivity contribution < 1.29 is 42.2 Å². The molecule has 1 fully saturated rings. The van der Waals surface area contributed by atoms with Crippen LogP contribution in [0.4, 0.5) is 0 Å². The van der Waals surface area contributed by atoms with Gasteiger partial charge >= 0.3 is 0 Å². The average molecular weight is 301 g/mol. The van der Waals surface area contributed by atoms with Crippen molar-refractivity contribution >= 4 is 0 Å². The van der Waals surface area contributed by atoms with Gasteiger partial charge in [0.25, 0.3) is 0 Å². The van der Waals surface area contributed by atoms with E-state index >= 15 is 0 Å². The monoisotopic (exact) mass is 301 g/mol. The molecule has 0 spiro atoms. The van der Waals surface area contributed by atoms with Crippen molar-refractivity contribution in [1.29, 1.82) is 0 Å². The Labute approximate surface area is 126 Å². The molecule has 93 valence electrons. The van der Waals surface area contributed by atoms with E-state index in [1.165, 1.54) is 19.3 Å². The topological polar surface area (TPSA) is 18.5 Å². The first-order chi connectivity index (χ1) is 7.36. The Morgan fingerprint density at radius 1 is 1.44 bits per heavy atom. The van der Waals surface area contributed by atoms with Crippen molar-refractivity contribution in [2.75, 3.05) is 13.2 Å². The quantitative estimate of drug-likeness (QED) is 0.671. The maximum Gasteiger partial charge on any atom is 0.154 e. The molecule has 0 saturated carbocycles. The van der Waals surface area contributed by atoms with Crippen LogP contribution in [0.3, 0.4) is 0 Å². The molecule has 1 radical (unpaired) electrons. The van der Waals surface area contributed by atoms with Gasteiger partial charge in [0.05, 0.1) is 0 Å². The smallest absolute Gasteiger partial charge is 0.154 e. The molecule has 0 amide bonds. The van der Waals surface area contributed by atoms with E-state index in [0.29, 0.717) is 5.92 Å². The molecule has 1 saturated heterocycles. The molecule has 0 aromatic heterocycles. The Balaban J connectivity index is 0.00000225. The molecule has 2 atom stereocenters. The predicted octanol–water partition coefficient (Wildman–Crippen LogP) is 3.37. The van der Waals surface area contributed by atoms with E-state index in [9.17, 15) is 0 Å². The van der Waals surface area contributed by atoms with Crippen molar-refractivity contribution in [3.63, 3.8) is 0 Å². The fourth-order valence-electron chi connectivity index (χ4n) is 1.87. The Bertz CT molecular complexity index is 142. The van der Waals surface area contributed by atoms with Crippen molar-refractivity contribution in [3.05, 3.63) is 12.8 Å². The van der Waals surface area contributed by atoms with Crippen molar-refractivity contribution in [2.24, 2.45) is 5.92 Å². The Morgan fingerprint density at radius 2 is 2.25 bits per heavy atom. The van der Waals surface area contributed by atoms with Gasteiger partial charge in [-0.25, -0.2) is 6.42 Å². The van der Waals surface area contributed by atoms with E-state index in [1.807, 2.05) is 0 Å². The van der Waals surface area contributed by atoms with Crippen LogP contribution in [0.5, 0.6) is 0 Å². The standard InChI is InChI=1S/C13H24O2.Y/c1-3-7-12(4-2)9-11-15-13-8-5-6-10-14-13;/h3,9,12-13H,4-8,10-11H2,1-2H3;/q-2;. The summed E-state index contributed by atoms with van der Waals surface area (Å²) >= 11 is 0. The van der Waals surface area contributed by atoms with Gasteiger partial charge < -0.3 is 22.3 Å². The summed E-state index contributed by atoms with van der Waals surface area (Å²) in [6, 6.07) is 0. The molecule has 1 heterocycles. The van der Waals surface area contributed by atoms with E-state index in [0.717, 1.165) is 26.1 Å². The van der Waals surface area contributed by atoms with Gasteiger partial charge in [0.2, 0.25) is 0 Å². The van der Waals surface area contributed by atoms with Gasteiger partial charge in [-0.3, -0.25) is 0 Å². The van der Waals surface area contributed by atoms with Gasteiger partial charge in [0.1, 0.15) is 0 Å². The first kappa shape index (κ1) is 17.0. The molecule has 1 rings (SSSR count). The van der Waals surface area contributed by atoms with E-state index in [-0.39, 0.29) is 39.0 Å². The van der Waals surface area contributed by atoms with E-state index in [1.54, 1.807) is 0 Å². The first-order valence-electron chi connectivity index (χ1n) is 6.21. The summed E-state index contributed by atoms with van der Waals surface area (Å²) in [5.41, 5.74) is 0. The van der Waals surface area contributed by atoms with Crippen LogP contribution in [0.1, 0.15) is 46.0 Å². The molecule has 2 nitrogen and oxygen atoms in total. The summed E-state index contributed by atoms with van der Waals surface area (Å²) in [5.74, 6) is 0.665. The third-order valence-electron chi connectivity index (χ3n) is 2.91. The molecule has 1 aliphatic rings. The zero-order valence-electron chi connectivity index (χ0n) is 10.7. The first-order valence-corrected chi connectivity index (χ1v) is 6.21. The zero-order chi connectivity index (χ0) is 10.9. The summed E-state index contributed by atoms with van der Waals surface area (Å²) in [6.07, 6.45) is 10.4. The van der Waals surface area contributed by atoms with Gasteiger partial charge in [0, 0.05) is 39.3 Å². The molecular weight excluding hydrogens is 277 g/mol. The molecule has 0 N–H and O–H groups in total.